The maximum atomic E-state index is 11.2. The largest absolute Gasteiger partial charge is 0.383 e. The molecule has 3 N–H and O–H groups in total. The predicted octanol–water partition coefficient (Wildman–Crippen LogP) is 0.220. The Morgan fingerprint density at radius 3 is 2.93 bits per heavy atom. The number of nitrogens with one attached hydrogen (secondary N) is 1. The Kier molecular flexibility index (Phi) is 9.13. The third kappa shape index (κ3) is 8.34. The predicted molar refractivity (Wildman–Crippen MR) is 60.5 cm³/mol. The van der Waals surface area contributed by atoms with E-state index < -0.39 is 0 Å². The summed E-state index contributed by atoms with van der Waals surface area (Å²) < 4.78 is 4.82. The minimum absolute atomic E-state index is 0.0657. The normalized spacial score (nSPS) is 12.5. The molecule has 0 saturated carbocycles. The van der Waals surface area contributed by atoms with Crippen LogP contribution < -0.4 is 11.1 Å². The SMILES string of the molecule is COCCNC(=O)CSC(C)CCN. The van der Waals surface area contributed by atoms with Gasteiger partial charge >= 0.3 is 0 Å². The summed E-state index contributed by atoms with van der Waals surface area (Å²) in [6.07, 6.45) is 0.954. The molecule has 0 aromatic rings. The van der Waals surface area contributed by atoms with Gasteiger partial charge in [-0.3, -0.25) is 4.79 Å². The molecule has 0 rings (SSSR count). The standard InChI is InChI=1S/C9H20N2O2S/c1-8(3-4-10)14-7-9(12)11-5-6-13-2/h8H,3-7,10H2,1-2H3,(H,11,12). The maximum absolute atomic E-state index is 11.2. The summed E-state index contributed by atoms with van der Waals surface area (Å²) in [7, 11) is 1.62. The molecule has 0 heterocycles. The van der Waals surface area contributed by atoms with Crippen molar-refractivity contribution in [3.05, 3.63) is 0 Å². The van der Waals surface area contributed by atoms with Crippen LogP contribution in [0.2, 0.25) is 0 Å². The van der Waals surface area contributed by atoms with Crippen molar-refractivity contribution in [2.45, 2.75) is 18.6 Å². The summed E-state index contributed by atoms with van der Waals surface area (Å²) in [6.45, 7) is 3.91. The molecule has 0 aromatic carbocycles. The van der Waals surface area contributed by atoms with Crippen LogP contribution in [-0.2, 0) is 9.53 Å². The molecule has 0 fully saturated rings. The lowest BCUT2D eigenvalue weighted by Gasteiger charge is -2.09. The van der Waals surface area contributed by atoms with E-state index in [1.54, 1.807) is 18.9 Å². The van der Waals surface area contributed by atoms with Crippen LogP contribution in [0.4, 0.5) is 0 Å². The zero-order valence-electron chi connectivity index (χ0n) is 8.91. The molecule has 1 amide bonds. The van der Waals surface area contributed by atoms with Gasteiger partial charge in [0.2, 0.25) is 5.91 Å². The zero-order valence-corrected chi connectivity index (χ0v) is 9.73. The van der Waals surface area contributed by atoms with E-state index in [9.17, 15) is 4.79 Å². The molecule has 0 aromatic heterocycles. The Balaban J connectivity index is 3.34. The minimum atomic E-state index is 0.0657. The number of hydrogen-bond acceptors (Lipinski definition) is 4. The molecule has 1 unspecified atom stereocenters. The van der Waals surface area contributed by atoms with Gasteiger partial charge in [-0.05, 0) is 13.0 Å². The molecule has 5 heteroatoms. The van der Waals surface area contributed by atoms with E-state index in [1.165, 1.54) is 0 Å². The van der Waals surface area contributed by atoms with E-state index in [2.05, 4.69) is 12.2 Å². The van der Waals surface area contributed by atoms with Crippen molar-refractivity contribution in [1.82, 2.24) is 5.32 Å². The van der Waals surface area contributed by atoms with Crippen LogP contribution in [0.1, 0.15) is 13.3 Å². The summed E-state index contributed by atoms with van der Waals surface area (Å²) >= 11 is 1.63. The van der Waals surface area contributed by atoms with Gasteiger partial charge in [-0.25, -0.2) is 0 Å². The number of nitrogens with two attached hydrogens (primary N) is 1. The number of carbonyl (C=O) groups excluding carboxylic acids is 1. The number of rotatable bonds is 8. The Bertz CT molecular complexity index is 156. The fourth-order valence-electron chi connectivity index (χ4n) is 0.880. The van der Waals surface area contributed by atoms with Crippen molar-refractivity contribution < 1.29 is 9.53 Å². The molecule has 84 valence electrons. The van der Waals surface area contributed by atoms with Crippen LogP contribution >= 0.6 is 11.8 Å². The second-order valence-electron chi connectivity index (χ2n) is 3.04. The van der Waals surface area contributed by atoms with Gasteiger partial charge in [0.15, 0.2) is 0 Å². The Morgan fingerprint density at radius 1 is 1.64 bits per heavy atom. The van der Waals surface area contributed by atoms with Crippen molar-refractivity contribution in [3.63, 3.8) is 0 Å². The van der Waals surface area contributed by atoms with Crippen molar-refractivity contribution in [3.8, 4) is 0 Å². The summed E-state index contributed by atoms with van der Waals surface area (Å²) in [4.78, 5) is 11.2. The van der Waals surface area contributed by atoms with E-state index >= 15 is 0 Å². The third-order valence-corrected chi connectivity index (χ3v) is 2.93. The van der Waals surface area contributed by atoms with E-state index in [-0.39, 0.29) is 5.91 Å². The van der Waals surface area contributed by atoms with Crippen molar-refractivity contribution >= 4 is 17.7 Å². The lowest BCUT2D eigenvalue weighted by Crippen LogP contribution is -2.29. The molecule has 14 heavy (non-hydrogen) atoms. The molecule has 0 aliphatic heterocycles. The van der Waals surface area contributed by atoms with Gasteiger partial charge < -0.3 is 15.8 Å². The first kappa shape index (κ1) is 13.7. The maximum Gasteiger partial charge on any atom is 0.230 e. The van der Waals surface area contributed by atoms with Gasteiger partial charge in [-0.15, -0.1) is 11.8 Å². The third-order valence-electron chi connectivity index (χ3n) is 1.70. The first-order valence-electron chi connectivity index (χ1n) is 4.78. The lowest BCUT2D eigenvalue weighted by molar-refractivity contribution is -0.118. The van der Waals surface area contributed by atoms with Crippen LogP contribution in [-0.4, -0.2) is 43.7 Å². The van der Waals surface area contributed by atoms with Crippen LogP contribution in [0.5, 0.6) is 0 Å². The fourth-order valence-corrected chi connectivity index (χ4v) is 1.72. The Hall–Kier alpha value is -0.260. The van der Waals surface area contributed by atoms with Gasteiger partial charge in [0, 0.05) is 18.9 Å². The van der Waals surface area contributed by atoms with Gasteiger partial charge in [0.1, 0.15) is 0 Å². The highest BCUT2D eigenvalue weighted by molar-refractivity contribution is 8.00. The number of amides is 1. The smallest absolute Gasteiger partial charge is 0.230 e. The van der Waals surface area contributed by atoms with E-state index in [4.69, 9.17) is 10.5 Å². The van der Waals surface area contributed by atoms with Crippen LogP contribution in [0.25, 0.3) is 0 Å². The van der Waals surface area contributed by atoms with Crippen LogP contribution in [0, 0.1) is 0 Å². The first-order valence-corrected chi connectivity index (χ1v) is 5.83. The molecular formula is C9H20N2O2S. The zero-order chi connectivity index (χ0) is 10.8. The number of methoxy groups -OCH3 is 1. The van der Waals surface area contributed by atoms with E-state index in [0.717, 1.165) is 6.42 Å². The topological polar surface area (TPSA) is 64.3 Å². The molecule has 0 aliphatic rings. The summed E-state index contributed by atoms with van der Waals surface area (Å²) in [6, 6.07) is 0. The second kappa shape index (κ2) is 9.30. The highest BCUT2D eigenvalue weighted by Gasteiger charge is 2.05. The summed E-state index contributed by atoms with van der Waals surface area (Å²) in [5, 5.41) is 3.22. The van der Waals surface area contributed by atoms with Gasteiger partial charge in [-0.2, -0.15) is 0 Å². The van der Waals surface area contributed by atoms with Gasteiger partial charge in [0.25, 0.3) is 0 Å². The van der Waals surface area contributed by atoms with Crippen molar-refractivity contribution in [2.75, 3.05) is 32.6 Å². The number of thioether (sulfide) groups is 1. The number of hydrogen-bond donors (Lipinski definition) is 2. The Labute approximate surface area is 89.9 Å². The average Bonchev–Trinajstić information content (AvgIpc) is 2.16. The second-order valence-corrected chi connectivity index (χ2v) is 4.47. The first-order chi connectivity index (χ1) is 6.70. The molecule has 4 nitrogen and oxygen atoms in total. The van der Waals surface area contributed by atoms with Crippen LogP contribution in [0.15, 0.2) is 0 Å². The Morgan fingerprint density at radius 2 is 2.36 bits per heavy atom. The molecule has 0 saturated heterocycles. The molecule has 0 aliphatic carbocycles. The highest BCUT2D eigenvalue weighted by atomic mass is 32.2. The van der Waals surface area contributed by atoms with Crippen LogP contribution in [0.3, 0.4) is 0 Å². The quantitative estimate of drug-likeness (QED) is 0.574. The average molecular weight is 220 g/mol. The van der Waals surface area contributed by atoms with E-state index in [0.29, 0.717) is 30.7 Å². The monoisotopic (exact) mass is 220 g/mol. The molecular weight excluding hydrogens is 200 g/mol. The highest BCUT2D eigenvalue weighted by Crippen LogP contribution is 2.12. The van der Waals surface area contributed by atoms with Gasteiger partial charge in [0.05, 0.1) is 12.4 Å². The number of carbonyl (C=O) groups is 1. The molecule has 0 bridgehead atoms. The molecule has 0 radical (unpaired) electrons. The molecule has 0 spiro atoms. The number of ether oxygens (including phenoxy) is 1. The van der Waals surface area contributed by atoms with E-state index in [1.807, 2.05) is 0 Å². The summed E-state index contributed by atoms with van der Waals surface area (Å²) in [5.74, 6) is 0.571. The van der Waals surface area contributed by atoms with Crippen molar-refractivity contribution in [2.24, 2.45) is 5.73 Å². The minimum Gasteiger partial charge on any atom is -0.383 e. The summed E-state index contributed by atoms with van der Waals surface area (Å²) in [5.41, 5.74) is 5.40. The lowest BCUT2D eigenvalue weighted by atomic mass is 10.3. The van der Waals surface area contributed by atoms with Crippen molar-refractivity contribution in [1.29, 1.82) is 0 Å². The molecule has 1 atom stereocenters. The fraction of sp³-hybridized carbons (Fsp3) is 0.889. The van der Waals surface area contributed by atoms with Gasteiger partial charge in [-0.1, -0.05) is 6.92 Å².